The number of hydrogen-bond acceptors (Lipinski definition) is 2. The lowest BCUT2D eigenvalue weighted by Gasteiger charge is -1.98. The van der Waals surface area contributed by atoms with Crippen molar-refractivity contribution < 1.29 is 0 Å². The molecule has 0 atom stereocenters. The Morgan fingerprint density at radius 3 is 2.85 bits per heavy atom. The molecule has 0 amide bonds. The molecule has 0 bridgehead atoms. The molecule has 2 rings (SSSR count). The molecule has 1 heterocycles. The fourth-order valence-corrected chi connectivity index (χ4v) is 1.49. The van der Waals surface area contributed by atoms with E-state index in [2.05, 4.69) is 9.97 Å². The van der Waals surface area contributed by atoms with Crippen LogP contribution in [0.4, 0.5) is 0 Å². The van der Waals surface area contributed by atoms with Crippen LogP contribution < -0.4 is 0 Å². The van der Waals surface area contributed by atoms with Crippen LogP contribution in [-0.4, -0.2) is 9.97 Å². The summed E-state index contributed by atoms with van der Waals surface area (Å²) < 4.78 is 0.441. The van der Waals surface area contributed by atoms with Crippen molar-refractivity contribution in [2.45, 2.75) is 0 Å². The number of H-pyrrole nitrogens is 1. The van der Waals surface area contributed by atoms with Gasteiger partial charge in [0.2, 0.25) is 0 Å². The molecular weight excluding hydrogens is 227 g/mol. The zero-order valence-electron chi connectivity index (χ0n) is 6.34. The fraction of sp³-hybridized carbons (Fsp3) is 0. The lowest BCUT2D eigenvalue weighted by Crippen LogP contribution is -1.85. The molecule has 66 valence electrons. The van der Waals surface area contributed by atoms with Gasteiger partial charge in [-0.25, -0.2) is 4.98 Å². The molecule has 0 fully saturated rings. The highest BCUT2D eigenvalue weighted by molar-refractivity contribution is 7.71. The minimum atomic E-state index is 0.296. The average molecular weight is 231 g/mol. The molecule has 0 saturated heterocycles. The smallest absolute Gasteiger partial charge is 0.164 e. The standard InChI is InChI=1S/C8H4Cl2N2S/c9-4-1-2-5-6(3-4)11-7(10)8(13)12-5/h1-3H,(H,12,13). The van der Waals surface area contributed by atoms with Crippen molar-refractivity contribution in [2.24, 2.45) is 0 Å². The largest absolute Gasteiger partial charge is 0.342 e. The van der Waals surface area contributed by atoms with Gasteiger partial charge in [-0.2, -0.15) is 0 Å². The van der Waals surface area contributed by atoms with Crippen LogP contribution in [-0.2, 0) is 0 Å². The Balaban J connectivity index is 2.89. The van der Waals surface area contributed by atoms with Crippen molar-refractivity contribution in [1.82, 2.24) is 9.97 Å². The van der Waals surface area contributed by atoms with Gasteiger partial charge in [0.1, 0.15) is 4.64 Å². The number of benzene rings is 1. The highest BCUT2D eigenvalue weighted by Gasteiger charge is 1.99. The summed E-state index contributed by atoms with van der Waals surface area (Å²) in [7, 11) is 0. The van der Waals surface area contributed by atoms with E-state index in [9.17, 15) is 0 Å². The molecule has 0 spiro atoms. The van der Waals surface area contributed by atoms with Gasteiger partial charge in [-0.3, -0.25) is 0 Å². The van der Waals surface area contributed by atoms with Crippen LogP contribution in [0, 0.1) is 4.64 Å². The van der Waals surface area contributed by atoms with E-state index in [1.54, 1.807) is 12.1 Å². The summed E-state index contributed by atoms with van der Waals surface area (Å²) in [5.74, 6) is 0. The summed E-state index contributed by atoms with van der Waals surface area (Å²) in [5, 5.41) is 0.923. The molecule has 1 aromatic heterocycles. The van der Waals surface area contributed by atoms with Crippen molar-refractivity contribution in [3.05, 3.63) is 33.0 Å². The van der Waals surface area contributed by atoms with Gasteiger partial charge in [0.15, 0.2) is 5.15 Å². The van der Waals surface area contributed by atoms with E-state index in [1.807, 2.05) is 6.07 Å². The molecule has 0 aliphatic heterocycles. The van der Waals surface area contributed by atoms with E-state index in [-0.39, 0.29) is 0 Å². The average Bonchev–Trinajstić information content (AvgIpc) is 2.08. The van der Waals surface area contributed by atoms with Gasteiger partial charge >= 0.3 is 0 Å². The number of nitrogens with zero attached hydrogens (tertiary/aromatic N) is 1. The number of nitrogens with one attached hydrogen (secondary N) is 1. The van der Waals surface area contributed by atoms with Crippen molar-refractivity contribution in [3.63, 3.8) is 0 Å². The normalized spacial score (nSPS) is 10.6. The van der Waals surface area contributed by atoms with Crippen LogP contribution in [0.2, 0.25) is 10.2 Å². The third-order valence-corrected chi connectivity index (χ3v) is 2.53. The Hall–Kier alpha value is -0.640. The summed E-state index contributed by atoms with van der Waals surface area (Å²) >= 11 is 16.5. The summed E-state index contributed by atoms with van der Waals surface area (Å²) in [6.45, 7) is 0. The Labute approximate surface area is 89.5 Å². The highest BCUT2D eigenvalue weighted by atomic mass is 35.5. The lowest BCUT2D eigenvalue weighted by atomic mass is 10.3. The van der Waals surface area contributed by atoms with Crippen molar-refractivity contribution in [2.75, 3.05) is 0 Å². The molecule has 0 saturated carbocycles. The van der Waals surface area contributed by atoms with Gasteiger partial charge in [0.05, 0.1) is 11.0 Å². The third-order valence-electron chi connectivity index (χ3n) is 1.61. The van der Waals surface area contributed by atoms with Gasteiger partial charge in [-0.1, -0.05) is 35.4 Å². The van der Waals surface area contributed by atoms with Crippen molar-refractivity contribution in [3.8, 4) is 0 Å². The lowest BCUT2D eigenvalue weighted by molar-refractivity contribution is 1.27. The van der Waals surface area contributed by atoms with E-state index >= 15 is 0 Å². The first kappa shape index (κ1) is 8.94. The van der Waals surface area contributed by atoms with Gasteiger partial charge < -0.3 is 4.98 Å². The first-order valence-electron chi connectivity index (χ1n) is 3.52. The van der Waals surface area contributed by atoms with E-state index in [4.69, 9.17) is 35.4 Å². The van der Waals surface area contributed by atoms with E-state index in [0.29, 0.717) is 20.3 Å². The molecule has 0 unspecified atom stereocenters. The molecule has 1 N–H and O–H groups in total. The SMILES string of the molecule is S=c1[nH]c2ccc(Cl)cc2nc1Cl. The third kappa shape index (κ3) is 1.68. The van der Waals surface area contributed by atoms with E-state index in [1.165, 1.54) is 0 Å². The van der Waals surface area contributed by atoms with E-state index < -0.39 is 0 Å². The quantitative estimate of drug-likeness (QED) is 0.701. The predicted molar refractivity (Wildman–Crippen MR) is 56.9 cm³/mol. The number of aromatic amines is 1. The van der Waals surface area contributed by atoms with Crippen molar-refractivity contribution in [1.29, 1.82) is 0 Å². The monoisotopic (exact) mass is 230 g/mol. The summed E-state index contributed by atoms with van der Waals surface area (Å²) in [6.07, 6.45) is 0. The van der Waals surface area contributed by atoms with E-state index in [0.717, 1.165) is 5.52 Å². The van der Waals surface area contributed by atoms with Crippen LogP contribution in [0.25, 0.3) is 11.0 Å². The molecule has 0 aliphatic carbocycles. The van der Waals surface area contributed by atoms with Gasteiger partial charge in [0, 0.05) is 5.02 Å². The molecule has 1 aromatic carbocycles. The van der Waals surface area contributed by atoms with Crippen LogP contribution in [0.5, 0.6) is 0 Å². The number of fused-ring (bicyclic) bond motifs is 1. The summed E-state index contributed by atoms with van der Waals surface area (Å²) in [5.41, 5.74) is 1.55. The minimum Gasteiger partial charge on any atom is -0.342 e. The zero-order valence-corrected chi connectivity index (χ0v) is 8.67. The number of aromatic nitrogens is 2. The Morgan fingerprint density at radius 1 is 1.31 bits per heavy atom. The predicted octanol–water partition coefficient (Wildman–Crippen LogP) is 3.60. The zero-order chi connectivity index (χ0) is 9.42. The molecule has 2 nitrogen and oxygen atoms in total. The summed E-state index contributed by atoms with van der Waals surface area (Å²) in [4.78, 5) is 7.03. The second-order valence-electron chi connectivity index (χ2n) is 2.52. The number of halogens is 2. The number of rotatable bonds is 0. The Kier molecular flexibility index (Phi) is 2.24. The molecule has 5 heteroatoms. The number of hydrogen-bond donors (Lipinski definition) is 1. The topological polar surface area (TPSA) is 28.7 Å². The molecule has 0 radical (unpaired) electrons. The van der Waals surface area contributed by atoms with Crippen molar-refractivity contribution >= 4 is 46.5 Å². The molecule has 2 aromatic rings. The minimum absolute atomic E-state index is 0.296. The second-order valence-corrected chi connectivity index (χ2v) is 3.72. The molecular formula is C8H4Cl2N2S. The van der Waals surface area contributed by atoms with Crippen LogP contribution in [0.1, 0.15) is 0 Å². The highest BCUT2D eigenvalue weighted by Crippen LogP contribution is 2.18. The fourth-order valence-electron chi connectivity index (χ4n) is 1.03. The van der Waals surface area contributed by atoms with Crippen LogP contribution in [0.15, 0.2) is 18.2 Å². The van der Waals surface area contributed by atoms with Gasteiger partial charge in [-0.15, -0.1) is 0 Å². The summed E-state index contributed by atoms with van der Waals surface area (Å²) in [6, 6.07) is 5.32. The molecule has 13 heavy (non-hydrogen) atoms. The Bertz CT molecular complexity index is 521. The Morgan fingerprint density at radius 2 is 2.08 bits per heavy atom. The van der Waals surface area contributed by atoms with Gasteiger partial charge in [-0.05, 0) is 18.2 Å². The molecule has 0 aliphatic rings. The van der Waals surface area contributed by atoms with Crippen LogP contribution >= 0.6 is 35.4 Å². The second kappa shape index (κ2) is 3.25. The maximum absolute atomic E-state index is 5.79. The first-order chi connectivity index (χ1) is 6.16. The van der Waals surface area contributed by atoms with Crippen LogP contribution in [0.3, 0.4) is 0 Å². The first-order valence-corrected chi connectivity index (χ1v) is 4.68. The maximum atomic E-state index is 5.79. The maximum Gasteiger partial charge on any atom is 0.164 e. The van der Waals surface area contributed by atoms with Gasteiger partial charge in [0.25, 0.3) is 0 Å².